The second-order valence-corrected chi connectivity index (χ2v) is 6.54. The molecule has 1 aromatic carbocycles. The molecule has 1 aliphatic rings. The average Bonchev–Trinajstić information content (AvgIpc) is 2.61. The maximum absolute atomic E-state index is 11.3. The van der Waals surface area contributed by atoms with Gasteiger partial charge in [0.05, 0.1) is 30.2 Å². The van der Waals surface area contributed by atoms with Gasteiger partial charge in [-0.3, -0.25) is 9.88 Å². The minimum Gasteiger partial charge on any atom is -0.478 e. The van der Waals surface area contributed by atoms with Crippen molar-refractivity contribution in [3.8, 4) is 11.3 Å². The molecular weight excluding hydrogens is 316 g/mol. The Morgan fingerprint density at radius 2 is 1.84 bits per heavy atom. The Morgan fingerprint density at radius 1 is 1.20 bits per heavy atom. The van der Waals surface area contributed by atoms with Crippen molar-refractivity contribution in [3.05, 3.63) is 52.7 Å². The SMILES string of the molecule is Cc1cc(-c2ccc([C@H](C)N3CCOCC3)cc2)nc(C)c1C(=O)O. The van der Waals surface area contributed by atoms with Crippen LogP contribution in [0.3, 0.4) is 0 Å². The molecule has 1 aliphatic heterocycles. The summed E-state index contributed by atoms with van der Waals surface area (Å²) in [5.74, 6) is -0.927. The number of aryl methyl sites for hydroxylation is 2. The van der Waals surface area contributed by atoms with E-state index < -0.39 is 5.97 Å². The fourth-order valence-corrected chi connectivity index (χ4v) is 3.41. The first-order chi connectivity index (χ1) is 12.0. The molecule has 1 atom stereocenters. The highest BCUT2D eigenvalue weighted by molar-refractivity contribution is 5.91. The Kier molecular flexibility index (Phi) is 5.16. The molecule has 0 bridgehead atoms. The van der Waals surface area contributed by atoms with E-state index in [0.717, 1.165) is 43.1 Å². The van der Waals surface area contributed by atoms with Crippen LogP contribution in [0.25, 0.3) is 11.3 Å². The number of pyridine rings is 1. The van der Waals surface area contributed by atoms with E-state index in [0.29, 0.717) is 17.3 Å². The lowest BCUT2D eigenvalue weighted by Crippen LogP contribution is -2.37. The van der Waals surface area contributed by atoms with E-state index in [4.69, 9.17) is 4.74 Å². The van der Waals surface area contributed by atoms with Crippen LogP contribution >= 0.6 is 0 Å². The third-order valence-corrected chi connectivity index (χ3v) is 4.89. The molecule has 0 amide bonds. The number of hydrogen-bond acceptors (Lipinski definition) is 4. The zero-order valence-electron chi connectivity index (χ0n) is 15.0. The van der Waals surface area contributed by atoms with Gasteiger partial charge in [0.25, 0.3) is 0 Å². The molecule has 1 aromatic heterocycles. The molecule has 1 saturated heterocycles. The molecule has 132 valence electrons. The standard InChI is InChI=1S/C20H24N2O3/c1-13-12-18(21-14(2)19(13)20(23)24)17-6-4-16(5-7-17)15(3)22-8-10-25-11-9-22/h4-7,12,15H,8-11H2,1-3H3,(H,23,24)/t15-/m0/s1. The summed E-state index contributed by atoms with van der Waals surface area (Å²) in [5.41, 5.74) is 4.66. The molecule has 5 nitrogen and oxygen atoms in total. The largest absolute Gasteiger partial charge is 0.478 e. The van der Waals surface area contributed by atoms with Crippen molar-refractivity contribution >= 4 is 5.97 Å². The van der Waals surface area contributed by atoms with Gasteiger partial charge in [-0.05, 0) is 38.0 Å². The number of carbonyl (C=O) groups is 1. The highest BCUT2D eigenvalue weighted by Gasteiger charge is 2.19. The number of benzene rings is 1. The van der Waals surface area contributed by atoms with E-state index in [1.807, 2.05) is 13.0 Å². The maximum Gasteiger partial charge on any atom is 0.337 e. The zero-order chi connectivity index (χ0) is 18.0. The third kappa shape index (κ3) is 3.72. The summed E-state index contributed by atoms with van der Waals surface area (Å²) >= 11 is 0. The fourth-order valence-electron chi connectivity index (χ4n) is 3.41. The molecule has 1 fully saturated rings. The highest BCUT2D eigenvalue weighted by Crippen LogP contribution is 2.26. The van der Waals surface area contributed by atoms with Crippen LogP contribution in [0, 0.1) is 13.8 Å². The van der Waals surface area contributed by atoms with Crippen LogP contribution in [0.4, 0.5) is 0 Å². The van der Waals surface area contributed by atoms with E-state index in [1.165, 1.54) is 5.56 Å². The summed E-state index contributed by atoms with van der Waals surface area (Å²) < 4.78 is 5.42. The van der Waals surface area contributed by atoms with Gasteiger partial charge in [0, 0.05) is 24.7 Å². The Bertz CT molecular complexity index is 742. The summed E-state index contributed by atoms with van der Waals surface area (Å²) in [6, 6.07) is 10.6. The molecular formula is C20H24N2O3. The van der Waals surface area contributed by atoms with E-state index in [-0.39, 0.29) is 0 Å². The molecule has 5 heteroatoms. The van der Waals surface area contributed by atoms with E-state index in [2.05, 4.69) is 41.1 Å². The minimum absolute atomic E-state index is 0.293. The first kappa shape index (κ1) is 17.6. The molecule has 0 aliphatic carbocycles. The second-order valence-electron chi connectivity index (χ2n) is 6.54. The van der Waals surface area contributed by atoms with Gasteiger partial charge in [-0.25, -0.2) is 4.79 Å². The molecule has 2 aromatic rings. The van der Waals surface area contributed by atoms with Crippen LogP contribution in [0.5, 0.6) is 0 Å². The van der Waals surface area contributed by atoms with Crippen molar-refractivity contribution in [1.29, 1.82) is 0 Å². The van der Waals surface area contributed by atoms with E-state index in [1.54, 1.807) is 6.92 Å². The van der Waals surface area contributed by atoms with Crippen molar-refractivity contribution in [2.24, 2.45) is 0 Å². The van der Waals surface area contributed by atoms with Crippen LogP contribution in [0.2, 0.25) is 0 Å². The van der Waals surface area contributed by atoms with Crippen molar-refractivity contribution in [2.75, 3.05) is 26.3 Å². The second kappa shape index (κ2) is 7.33. The minimum atomic E-state index is -0.927. The molecule has 0 spiro atoms. The van der Waals surface area contributed by atoms with Crippen LogP contribution in [-0.4, -0.2) is 47.3 Å². The van der Waals surface area contributed by atoms with Gasteiger partial charge in [-0.1, -0.05) is 24.3 Å². The number of aromatic carboxylic acids is 1. The molecule has 25 heavy (non-hydrogen) atoms. The molecule has 0 radical (unpaired) electrons. The first-order valence-corrected chi connectivity index (χ1v) is 8.61. The molecule has 3 rings (SSSR count). The monoisotopic (exact) mass is 340 g/mol. The van der Waals surface area contributed by atoms with Crippen molar-refractivity contribution in [3.63, 3.8) is 0 Å². The number of carboxylic acid groups (broad SMARTS) is 1. The van der Waals surface area contributed by atoms with Crippen molar-refractivity contribution in [1.82, 2.24) is 9.88 Å². The number of morpholine rings is 1. The third-order valence-electron chi connectivity index (χ3n) is 4.89. The number of rotatable bonds is 4. The topological polar surface area (TPSA) is 62.7 Å². The number of hydrogen-bond donors (Lipinski definition) is 1. The summed E-state index contributed by atoms with van der Waals surface area (Å²) in [4.78, 5) is 18.2. The Balaban J connectivity index is 1.84. The molecule has 0 unspecified atom stereocenters. The van der Waals surface area contributed by atoms with Crippen LogP contribution in [0.1, 0.15) is 40.1 Å². The molecule has 2 heterocycles. The normalized spacial score (nSPS) is 16.6. The Hall–Kier alpha value is -2.24. The summed E-state index contributed by atoms with van der Waals surface area (Å²) in [7, 11) is 0. The number of carboxylic acids is 1. The lowest BCUT2D eigenvalue weighted by molar-refractivity contribution is 0.0198. The van der Waals surface area contributed by atoms with Gasteiger partial charge in [-0.15, -0.1) is 0 Å². The average molecular weight is 340 g/mol. The number of nitrogens with zero attached hydrogens (tertiary/aromatic N) is 2. The lowest BCUT2D eigenvalue weighted by Gasteiger charge is -2.32. The van der Waals surface area contributed by atoms with Crippen LogP contribution in [0.15, 0.2) is 30.3 Å². The maximum atomic E-state index is 11.3. The summed E-state index contributed by atoms with van der Waals surface area (Å²) in [6.07, 6.45) is 0. The van der Waals surface area contributed by atoms with Crippen LogP contribution in [-0.2, 0) is 4.74 Å². The molecule has 0 saturated carbocycles. The van der Waals surface area contributed by atoms with Gasteiger partial charge in [-0.2, -0.15) is 0 Å². The van der Waals surface area contributed by atoms with Gasteiger partial charge in [0.15, 0.2) is 0 Å². The van der Waals surface area contributed by atoms with E-state index in [9.17, 15) is 9.90 Å². The fraction of sp³-hybridized carbons (Fsp3) is 0.400. The summed E-state index contributed by atoms with van der Waals surface area (Å²) in [5, 5.41) is 9.28. The highest BCUT2D eigenvalue weighted by atomic mass is 16.5. The Labute approximate surface area is 148 Å². The predicted molar refractivity (Wildman–Crippen MR) is 96.9 cm³/mol. The van der Waals surface area contributed by atoms with Gasteiger partial charge >= 0.3 is 5.97 Å². The Morgan fingerprint density at radius 3 is 2.40 bits per heavy atom. The summed E-state index contributed by atoms with van der Waals surface area (Å²) in [6.45, 7) is 9.28. The number of ether oxygens (including phenoxy) is 1. The van der Waals surface area contributed by atoms with Crippen molar-refractivity contribution in [2.45, 2.75) is 26.8 Å². The van der Waals surface area contributed by atoms with Gasteiger partial charge in [0.1, 0.15) is 0 Å². The predicted octanol–water partition coefficient (Wildman–Crippen LogP) is 3.46. The lowest BCUT2D eigenvalue weighted by atomic mass is 10.0. The smallest absolute Gasteiger partial charge is 0.337 e. The van der Waals surface area contributed by atoms with Gasteiger partial charge < -0.3 is 9.84 Å². The van der Waals surface area contributed by atoms with Crippen molar-refractivity contribution < 1.29 is 14.6 Å². The quantitative estimate of drug-likeness (QED) is 0.923. The van der Waals surface area contributed by atoms with Gasteiger partial charge in [0.2, 0.25) is 0 Å². The number of aromatic nitrogens is 1. The molecule has 1 N–H and O–H groups in total. The zero-order valence-corrected chi connectivity index (χ0v) is 15.0. The first-order valence-electron chi connectivity index (χ1n) is 8.61. The van der Waals surface area contributed by atoms with E-state index >= 15 is 0 Å². The van der Waals surface area contributed by atoms with Crippen LogP contribution < -0.4 is 0 Å².